The van der Waals surface area contributed by atoms with Gasteiger partial charge in [0.2, 0.25) is 17.7 Å². The second-order valence-corrected chi connectivity index (χ2v) is 11.5. The maximum absolute atomic E-state index is 13.7. The number of likely N-dealkylation sites (tertiary alicyclic amines) is 1. The monoisotopic (exact) mass is 619 g/mol. The van der Waals surface area contributed by atoms with E-state index in [-0.39, 0.29) is 53.5 Å². The Morgan fingerprint density at radius 2 is 1.79 bits per heavy atom. The third-order valence-electron chi connectivity index (χ3n) is 7.97. The number of carbonyl (C=O) groups is 4. The van der Waals surface area contributed by atoms with Crippen LogP contribution >= 0.6 is 23.2 Å². The minimum absolute atomic E-state index is 0.0283. The lowest BCUT2D eigenvalue weighted by Gasteiger charge is -2.34. The predicted octanol–water partition coefficient (Wildman–Crippen LogP) is 4.04. The quantitative estimate of drug-likeness (QED) is 0.253. The Kier molecular flexibility index (Phi) is 7.76. The van der Waals surface area contributed by atoms with Crippen LogP contribution in [0.15, 0.2) is 60.7 Å². The molecule has 1 saturated carbocycles. The molecule has 43 heavy (non-hydrogen) atoms. The summed E-state index contributed by atoms with van der Waals surface area (Å²) in [6, 6.07) is 16.2. The minimum Gasteiger partial charge on any atom is -0.364 e. The first kappa shape index (κ1) is 28.6. The zero-order valence-electron chi connectivity index (χ0n) is 22.8. The van der Waals surface area contributed by atoms with Crippen molar-refractivity contribution in [1.82, 2.24) is 19.7 Å². The van der Waals surface area contributed by atoms with Crippen LogP contribution < -0.4 is 16.4 Å². The lowest BCUT2D eigenvalue weighted by atomic mass is 9.97. The molecule has 2 bridgehead atoms. The fourth-order valence-electron chi connectivity index (χ4n) is 6.15. The number of hydrogen-bond acceptors (Lipinski definition) is 6. The molecule has 1 saturated heterocycles. The number of primary amides is 1. The van der Waals surface area contributed by atoms with Gasteiger partial charge in [0.05, 0.1) is 11.9 Å². The van der Waals surface area contributed by atoms with Gasteiger partial charge in [0, 0.05) is 22.1 Å². The lowest BCUT2D eigenvalue weighted by Crippen LogP contribution is -2.52. The molecule has 4 amide bonds. The summed E-state index contributed by atoms with van der Waals surface area (Å²) in [6.07, 6.45) is 2.45. The molecule has 220 valence electrons. The van der Waals surface area contributed by atoms with Gasteiger partial charge in [-0.05, 0) is 67.1 Å². The molecule has 1 aliphatic heterocycles. The Balaban J connectivity index is 1.22. The summed E-state index contributed by atoms with van der Waals surface area (Å²) in [6.45, 7) is -0.204. The third-order valence-corrected chi connectivity index (χ3v) is 8.55. The van der Waals surface area contributed by atoms with Gasteiger partial charge in [0.15, 0.2) is 5.69 Å². The van der Waals surface area contributed by atoms with Gasteiger partial charge in [0.25, 0.3) is 5.91 Å². The summed E-state index contributed by atoms with van der Waals surface area (Å²) in [7, 11) is 0. The molecule has 4 N–H and O–H groups in total. The molecule has 0 radical (unpaired) electrons. The normalized spacial score (nSPS) is 19.0. The third kappa shape index (κ3) is 5.78. The number of nitrogens with zero attached hydrogens (tertiary/aromatic N) is 4. The van der Waals surface area contributed by atoms with Crippen LogP contribution in [0.25, 0.3) is 10.9 Å². The average molecular weight is 620 g/mol. The number of amides is 4. The Labute approximate surface area is 256 Å². The van der Waals surface area contributed by atoms with E-state index in [1.54, 1.807) is 65.6 Å². The van der Waals surface area contributed by atoms with E-state index in [0.717, 1.165) is 19.3 Å². The maximum atomic E-state index is 13.7. The van der Waals surface area contributed by atoms with Crippen LogP contribution in [0.3, 0.4) is 0 Å². The van der Waals surface area contributed by atoms with Crippen LogP contribution in [-0.2, 0) is 27.3 Å². The largest absolute Gasteiger partial charge is 0.364 e. The van der Waals surface area contributed by atoms with Gasteiger partial charge in [-0.25, -0.2) is 4.98 Å². The molecule has 2 aromatic heterocycles. The van der Waals surface area contributed by atoms with Gasteiger partial charge in [0.1, 0.15) is 23.6 Å². The Morgan fingerprint density at radius 1 is 0.977 bits per heavy atom. The number of nitrogens with one attached hydrogen (secondary N) is 2. The summed E-state index contributed by atoms with van der Waals surface area (Å²) in [4.78, 5) is 57.8. The zero-order chi connectivity index (χ0) is 30.2. The number of hydrogen-bond donors (Lipinski definition) is 3. The summed E-state index contributed by atoms with van der Waals surface area (Å²) < 4.78 is 1.41. The highest BCUT2D eigenvalue weighted by Gasteiger charge is 2.51. The maximum Gasteiger partial charge on any atom is 0.269 e. The summed E-state index contributed by atoms with van der Waals surface area (Å²) >= 11 is 12.2. The highest BCUT2D eigenvalue weighted by molar-refractivity contribution is 6.31. The number of pyridine rings is 1. The highest BCUT2D eigenvalue weighted by Crippen LogP contribution is 2.43. The van der Waals surface area contributed by atoms with E-state index in [4.69, 9.17) is 28.9 Å². The number of benzene rings is 2. The molecule has 6 rings (SSSR count). The molecule has 3 heterocycles. The van der Waals surface area contributed by atoms with Gasteiger partial charge in [-0.15, -0.1) is 0 Å². The standard InChI is InChI=1S/C30H27Cl2N7O4/c31-21-5-2-1-4-16(21)13-25(40)34-18-9-11-22-20(14-18)27(29(33)42)37-38(22)15-26(41)39-19-10-8-17(12-19)28(39)30(43)36-24-7-3-6-23(32)35-24/h1-7,9,11,14,17,19,28H,8,10,12-13,15H2,(H2,33,42)(H,34,40)(H,35,36,43)/t17-,19+,28-/m0/s1. The van der Waals surface area contributed by atoms with Crippen LogP contribution in [0.4, 0.5) is 11.5 Å². The number of rotatable bonds is 8. The van der Waals surface area contributed by atoms with Crippen molar-refractivity contribution in [2.24, 2.45) is 11.7 Å². The molecule has 11 nitrogen and oxygen atoms in total. The molecule has 1 aliphatic carbocycles. The van der Waals surface area contributed by atoms with Gasteiger partial charge in [-0.2, -0.15) is 5.10 Å². The van der Waals surface area contributed by atoms with Gasteiger partial charge in [-0.3, -0.25) is 23.9 Å². The molecule has 2 fully saturated rings. The first-order chi connectivity index (χ1) is 20.7. The van der Waals surface area contributed by atoms with E-state index in [9.17, 15) is 19.2 Å². The molecule has 2 aromatic carbocycles. The van der Waals surface area contributed by atoms with Crippen LogP contribution in [0.2, 0.25) is 10.2 Å². The molecule has 0 spiro atoms. The first-order valence-electron chi connectivity index (χ1n) is 13.8. The van der Waals surface area contributed by atoms with Crippen molar-refractivity contribution in [1.29, 1.82) is 0 Å². The van der Waals surface area contributed by atoms with Crippen molar-refractivity contribution in [3.05, 3.63) is 82.1 Å². The van der Waals surface area contributed by atoms with Crippen molar-refractivity contribution in [3.63, 3.8) is 0 Å². The van der Waals surface area contributed by atoms with Crippen molar-refractivity contribution in [2.75, 3.05) is 10.6 Å². The second kappa shape index (κ2) is 11.7. The summed E-state index contributed by atoms with van der Waals surface area (Å²) in [5.74, 6) is -1.36. The Hall–Kier alpha value is -4.48. The fourth-order valence-corrected chi connectivity index (χ4v) is 6.52. The van der Waals surface area contributed by atoms with Crippen molar-refractivity contribution < 1.29 is 19.2 Å². The van der Waals surface area contributed by atoms with E-state index in [0.29, 0.717) is 33.0 Å². The smallest absolute Gasteiger partial charge is 0.269 e. The van der Waals surface area contributed by atoms with Crippen LogP contribution in [-0.4, -0.2) is 55.4 Å². The summed E-state index contributed by atoms with van der Waals surface area (Å²) in [5.41, 5.74) is 7.19. The van der Waals surface area contributed by atoms with Crippen molar-refractivity contribution in [2.45, 2.75) is 44.3 Å². The number of anilines is 2. The van der Waals surface area contributed by atoms with Crippen LogP contribution in [0, 0.1) is 5.92 Å². The topological polar surface area (TPSA) is 152 Å². The van der Waals surface area contributed by atoms with Gasteiger partial charge >= 0.3 is 0 Å². The van der Waals surface area contributed by atoms with Crippen LogP contribution in [0.5, 0.6) is 0 Å². The van der Waals surface area contributed by atoms with Gasteiger partial charge in [-0.1, -0.05) is 47.5 Å². The number of fused-ring (bicyclic) bond motifs is 3. The van der Waals surface area contributed by atoms with E-state index in [1.165, 1.54) is 4.68 Å². The molecule has 2 aliphatic rings. The molecular formula is C30H27Cl2N7O4. The van der Waals surface area contributed by atoms with Crippen LogP contribution in [0.1, 0.15) is 35.3 Å². The lowest BCUT2D eigenvalue weighted by molar-refractivity contribution is -0.141. The number of halogens is 2. The fraction of sp³-hybridized carbons (Fsp3) is 0.267. The minimum atomic E-state index is -0.776. The summed E-state index contributed by atoms with van der Waals surface area (Å²) in [5, 5.41) is 11.1. The van der Waals surface area contributed by atoms with E-state index in [1.807, 2.05) is 0 Å². The predicted molar refractivity (Wildman–Crippen MR) is 162 cm³/mol. The number of carbonyl (C=O) groups excluding carboxylic acids is 4. The molecular weight excluding hydrogens is 593 g/mol. The molecule has 13 heteroatoms. The van der Waals surface area contributed by atoms with Crippen molar-refractivity contribution in [3.8, 4) is 0 Å². The molecule has 4 aromatic rings. The first-order valence-corrected chi connectivity index (χ1v) is 14.5. The Bertz CT molecular complexity index is 1770. The number of nitrogens with two attached hydrogens (primary N) is 1. The molecule has 3 atom stereocenters. The number of piperidine rings is 1. The highest BCUT2D eigenvalue weighted by atomic mass is 35.5. The SMILES string of the molecule is NC(=O)c1nn(CC(=O)N2[C@@H]3CC[C@@H](C3)[C@H]2C(=O)Nc2cccc(Cl)n2)c2ccc(NC(=O)Cc3ccccc3Cl)cc12. The molecule has 0 unspecified atom stereocenters. The zero-order valence-corrected chi connectivity index (χ0v) is 24.3. The second-order valence-electron chi connectivity index (χ2n) is 10.7. The van der Waals surface area contributed by atoms with E-state index < -0.39 is 11.9 Å². The van der Waals surface area contributed by atoms with E-state index in [2.05, 4.69) is 20.7 Å². The van der Waals surface area contributed by atoms with Crippen molar-refractivity contribution >= 4 is 69.2 Å². The average Bonchev–Trinajstić information content (AvgIpc) is 3.68. The number of aromatic nitrogens is 3. The van der Waals surface area contributed by atoms with E-state index >= 15 is 0 Å². The van der Waals surface area contributed by atoms with Gasteiger partial charge < -0.3 is 21.3 Å². The Morgan fingerprint density at radius 3 is 2.56 bits per heavy atom.